The molecule has 12 aromatic rings. The molecule has 6 amide bonds. The minimum atomic E-state index is -1.21. The summed E-state index contributed by atoms with van der Waals surface area (Å²) in [5.74, 6) is 2.36. The van der Waals surface area contributed by atoms with Gasteiger partial charge >= 0.3 is 0 Å². The van der Waals surface area contributed by atoms with Crippen molar-refractivity contribution in [2.75, 3.05) is 40.1 Å². The van der Waals surface area contributed by atoms with Gasteiger partial charge in [0.25, 0.3) is 11.8 Å². The second-order valence-electron chi connectivity index (χ2n) is 39.3. The molecule has 718 valence electrons. The van der Waals surface area contributed by atoms with Gasteiger partial charge in [-0.15, -0.1) is 11.3 Å². The maximum atomic E-state index is 13.8. The van der Waals surface area contributed by atoms with Crippen molar-refractivity contribution < 1.29 is 33.5 Å². The van der Waals surface area contributed by atoms with Crippen molar-refractivity contribution in [3.8, 4) is 11.8 Å². The van der Waals surface area contributed by atoms with Crippen molar-refractivity contribution in [1.29, 1.82) is 5.26 Å². The molecule has 0 radical (unpaired) electrons. The molecular formula is C109H124N22O7S. The van der Waals surface area contributed by atoms with E-state index in [1.165, 1.54) is 105 Å². The van der Waals surface area contributed by atoms with Crippen molar-refractivity contribution in [2.24, 2.45) is 72.5 Å². The predicted octanol–water partition coefficient (Wildman–Crippen LogP) is 16.3. The Morgan fingerprint density at radius 2 is 1.12 bits per heavy atom. The fourth-order valence-corrected chi connectivity index (χ4v) is 20.9. The lowest BCUT2D eigenvalue weighted by Gasteiger charge is -2.41. The lowest BCUT2D eigenvalue weighted by molar-refractivity contribution is -0.132. The largest absolute Gasteiger partial charge is 0.488 e. The molecule has 139 heavy (non-hydrogen) atoms. The molecule has 8 aromatic carbocycles. The molecule has 4 aromatic heterocycles. The fourth-order valence-electron chi connectivity index (χ4n) is 20.0. The maximum absolute atomic E-state index is 13.8. The fraction of sp³-hybridized carbons (Fsp3) is 0.367. The third-order valence-electron chi connectivity index (χ3n) is 28.5. The van der Waals surface area contributed by atoms with E-state index in [2.05, 4.69) is 112 Å². The molecule has 3 saturated carbocycles. The number of aryl methyl sites for hydroxylation is 1. The molecule has 0 unspecified atom stereocenters. The summed E-state index contributed by atoms with van der Waals surface area (Å²) in [6.45, 7) is 15.6. The van der Waals surface area contributed by atoms with Crippen LogP contribution in [0.4, 0.5) is 5.69 Å². The number of nitriles is 1. The first-order valence-corrected chi connectivity index (χ1v) is 48.6. The number of aromatic nitrogens is 5. The number of benzene rings is 8. The van der Waals surface area contributed by atoms with Gasteiger partial charge in [-0.05, 0) is 175 Å². The monoisotopic (exact) mass is 1880 g/mol. The van der Waals surface area contributed by atoms with E-state index < -0.39 is 39.5 Å². The zero-order valence-corrected chi connectivity index (χ0v) is 82.0. The van der Waals surface area contributed by atoms with Crippen molar-refractivity contribution >= 4 is 115 Å². The van der Waals surface area contributed by atoms with Gasteiger partial charge in [0.15, 0.2) is 40.9 Å². The van der Waals surface area contributed by atoms with Gasteiger partial charge in [0.1, 0.15) is 34.4 Å². The molecule has 30 heteroatoms. The zero-order valence-electron chi connectivity index (χ0n) is 81.2. The van der Waals surface area contributed by atoms with Gasteiger partial charge in [-0.2, -0.15) is 15.5 Å². The molecular weight excluding hydrogens is 1760 g/mol. The SMILES string of the molecule is CCC(=O)Nc1ccc(CN2C(=O)C(c3ccccc3)(c3ccccc3)N=C2N)cc1.CN1C(=O)C[C@@](C)(c2ccc3nn(CC4CCCC4)cc3c2)N=C1N.CN1C(=O)[C@@H](c2ccc(C(C)(C)C)cc2)[C@@](C)(c2ccc(C#N)s2)N=C1N.CN1C(=O)[C@@](COc2cncc3ccccc23)(CC2CCCCC2)N=C1N.CN1C(=O)[C@H](c2ccc(C3CC3)cc2)[C@@](C)(c2ccc3c(cnn3C)c2)N=C1N. The molecule has 9 heterocycles. The molecule has 6 atom stereocenters. The Labute approximate surface area is 815 Å². The van der Waals surface area contributed by atoms with Crippen LogP contribution in [0.25, 0.3) is 32.6 Å². The first-order chi connectivity index (χ1) is 66.5. The van der Waals surface area contributed by atoms with Crippen LogP contribution >= 0.6 is 11.3 Å². The highest BCUT2D eigenvalue weighted by Crippen LogP contribution is 2.50. The number of likely N-dealkylation sites (N-methyl/N-ethyl adjacent to an activating group) is 3. The highest BCUT2D eigenvalue weighted by atomic mass is 32.1. The smallest absolute Gasteiger partial charge is 0.266 e. The Balaban J connectivity index is 0.000000126. The molecule has 29 nitrogen and oxygen atoms in total. The number of hydrogen-bond acceptors (Lipinski definition) is 22. The van der Waals surface area contributed by atoms with Crippen molar-refractivity contribution in [2.45, 2.75) is 202 Å². The van der Waals surface area contributed by atoms with Crippen molar-refractivity contribution in [1.82, 2.24) is 49.0 Å². The van der Waals surface area contributed by atoms with Crippen LogP contribution in [0.15, 0.2) is 256 Å². The van der Waals surface area contributed by atoms with Crippen LogP contribution in [0, 0.1) is 23.2 Å². The van der Waals surface area contributed by atoms with Crippen molar-refractivity contribution in [3.63, 3.8) is 0 Å². The molecule has 20 rings (SSSR count). The molecule has 3 fully saturated rings. The number of hydrogen-bond donors (Lipinski definition) is 6. The standard InChI is InChI=1S/C25H24N4O2.C23H25N5O.C21H26N4O2.C21H24N4OS.C19H25N5O/c1-2-22(30)27-21-15-13-18(14-16-21)17-29-23(31)25(28-24(29)26,19-9-5-3-6-10-19)20-11-7-4-8-12-20;1-23(18-10-11-19-17(12-18)13-25-28(19)3)20(21(29)27(2)22(24)26-23)16-8-6-15(7-9-16)14-4-5-14;1-25-19(26)21(24-20(25)22,11-15-7-3-2-4-8-15)14-27-18-13-23-12-16-9-5-6-10-17(16)18;1-20(2,3)14-8-6-13(7-9-14)17-18(26)25(5)19(23)24-21(17,4)16-11-10-15(12-22)27-16;1-19(10-17(25)23(2)18(20)21-19)15-7-8-16-14(9-15)12-24(22-16)11-13-5-3-4-6-13/h3-16H,2,17H2,1H3,(H2,26,28)(H,27,30);6-14,20H,4-5H2,1-3H3,(H2,24,26);5-6,9-10,12-13,15H,2-4,7-8,11,14H2,1H3,(H2,22,24);6-11,17H,1-5H3,(H2,23,24);7-9,12-13H,3-6,10-11H2,1-2H3,(H2,20,21)/t;20-,23+;21-;17-,21-;19-/m.0010/s1. The Morgan fingerprint density at radius 1 is 0.547 bits per heavy atom. The topological polar surface area (TPSA) is 404 Å². The van der Waals surface area contributed by atoms with Crippen LogP contribution in [0.5, 0.6) is 5.75 Å². The predicted molar refractivity (Wildman–Crippen MR) is 547 cm³/mol. The van der Waals surface area contributed by atoms with E-state index in [0.29, 0.717) is 47.4 Å². The summed E-state index contributed by atoms with van der Waals surface area (Å²) in [5.41, 5.74) is 37.6. The van der Waals surface area contributed by atoms with Gasteiger partial charge in [0, 0.05) is 92.7 Å². The molecule has 11 N–H and O–H groups in total. The number of aliphatic imine (C=N–C) groups is 5. The van der Waals surface area contributed by atoms with Crippen LogP contribution < -0.4 is 38.7 Å². The number of carbonyl (C=O) groups excluding carboxylic acids is 6. The van der Waals surface area contributed by atoms with Crippen LogP contribution in [0.1, 0.15) is 216 Å². The van der Waals surface area contributed by atoms with Gasteiger partial charge in [-0.1, -0.05) is 230 Å². The number of thiophene rings is 1. The molecule has 5 aliphatic heterocycles. The Kier molecular flexibility index (Phi) is 28.1. The second-order valence-corrected chi connectivity index (χ2v) is 40.4. The second kappa shape index (κ2) is 40.1. The quantitative estimate of drug-likeness (QED) is 0.0438. The lowest BCUT2D eigenvalue weighted by Crippen LogP contribution is -2.52. The first kappa shape index (κ1) is 97.4. The van der Waals surface area contributed by atoms with Gasteiger partial charge < -0.3 is 38.7 Å². The average molecular weight is 1890 g/mol. The third-order valence-corrected chi connectivity index (χ3v) is 29.7. The number of nitrogens with one attached hydrogen (secondary N) is 1. The Hall–Kier alpha value is -14.7. The highest BCUT2D eigenvalue weighted by molar-refractivity contribution is 7.12. The van der Waals surface area contributed by atoms with E-state index in [0.717, 1.165) is 102 Å². The molecule has 0 bridgehead atoms. The number of nitrogens with zero attached hydrogens (tertiary/aromatic N) is 16. The number of pyridine rings is 1. The van der Waals surface area contributed by atoms with E-state index in [4.69, 9.17) is 53.5 Å². The van der Waals surface area contributed by atoms with Crippen LogP contribution in [-0.2, 0) is 76.5 Å². The van der Waals surface area contributed by atoms with Gasteiger partial charge in [-0.25, -0.2) is 25.0 Å². The number of nitrogens with two attached hydrogens (primary N) is 5. The number of amides is 6. The number of anilines is 1. The average Bonchev–Trinajstić information content (AvgIpc) is 1.70. The van der Waals surface area contributed by atoms with E-state index >= 15 is 0 Å². The Bertz CT molecular complexity index is 6760. The molecule has 3 aliphatic carbocycles. The summed E-state index contributed by atoms with van der Waals surface area (Å²) in [6.07, 6.45) is 22.7. The summed E-state index contributed by atoms with van der Waals surface area (Å²) in [5, 5.41) is 25.2. The summed E-state index contributed by atoms with van der Waals surface area (Å²) in [7, 11) is 8.60. The van der Waals surface area contributed by atoms with Crippen LogP contribution in [0.3, 0.4) is 0 Å². The third kappa shape index (κ3) is 20.2. The van der Waals surface area contributed by atoms with E-state index in [9.17, 15) is 34.0 Å². The summed E-state index contributed by atoms with van der Waals surface area (Å²) in [4.78, 5) is 114. The minimum absolute atomic E-state index is 0.00738. The number of ether oxygens (including phenoxy) is 1. The van der Waals surface area contributed by atoms with Crippen LogP contribution in [-0.4, -0.2) is 155 Å². The van der Waals surface area contributed by atoms with E-state index in [1.54, 1.807) is 47.4 Å². The summed E-state index contributed by atoms with van der Waals surface area (Å²) < 4.78 is 10.1. The number of carbonyl (C=O) groups is 6. The van der Waals surface area contributed by atoms with E-state index in [-0.39, 0.29) is 83.8 Å². The van der Waals surface area contributed by atoms with Gasteiger partial charge in [0.05, 0.1) is 53.8 Å². The van der Waals surface area contributed by atoms with Crippen LogP contribution in [0.2, 0.25) is 0 Å². The number of rotatable bonds is 19. The molecule has 0 saturated heterocycles. The van der Waals surface area contributed by atoms with Gasteiger partial charge in [-0.3, -0.25) is 67.6 Å². The van der Waals surface area contributed by atoms with Crippen molar-refractivity contribution in [3.05, 3.63) is 291 Å². The minimum Gasteiger partial charge on any atom is -0.488 e. The van der Waals surface area contributed by atoms with E-state index in [1.807, 2.05) is 197 Å². The Morgan fingerprint density at radius 3 is 1.73 bits per heavy atom. The molecule has 0 spiro atoms. The number of fused-ring (bicyclic) bond motifs is 3. The maximum Gasteiger partial charge on any atom is 0.266 e. The molecule has 8 aliphatic rings. The van der Waals surface area contributed by atoms with Gasteiger partial charge in [0.2, 0.25) is 23.6 Å². The normalized spacial score (nSPS) is 22.1. The summed E-state index contributed by atoms with van der Waals surface area (Å²) >= 11 is 1.35. The summed E-state index contributed by atoms with van der Waals surface area (Å²) in [6, 6.07) is 69.0. The zero-order chi connectivity index (χ0) is 98.6. The highest BCUT2D eigenvalue weighted by Gasteiger charge is 2.54. The number of guanidine groups is 5. The first-order valence-electron chi connectivity index (χ1n) is 47.8. The lowest BCUT2D eigenvalue weighted by atomic mass is 9.74.